The average molecular weight is 456 g/mol. The van der Waals surface area contributed by atoms with Crippen LogP contribution in [0.4, 0.5) is 0 Å². The van der Waals surface area contributed by atoms with Gasteiger partial charge in [-0.15, -0.1) is 11.3 Å². The summed E-state index contributed by atoms with van der Waals surface area (Å²) in [6, 6.07) is 10.8. The molecule has 1 aromatic heterocycles. The largest absolute Gasteiger partial charge is 0.469 e. The van der Waals surface area contributed by atoms with Gasteiger partial charge in [-0.3, -0.25) is 5.01 Å². The molecule has 0 amide bonds. The number of rotatable bonds is 3. The van der Waals surface area contributed by atoms with Crippen LogP contribution in [0.25, 0.3) is 0 Å². The fourth-order valence-electron chi connectivity index (χ4n) is 3.19. The van der Waals surface area contributed by atoms with Gasteiger partial charge in [0.15, 0.2) is 6.23 Å². The van der Waals surface area contributed by atoms with Crippen LogP contribution in [0.3, 0.4) is 0 Å². The fourth-order valence-corrected chi connectivity index (χ4v) is 4.95. The standard InChI is InChI=1S/C17H16Br2N2OS/c1-2-3-17-21-13(11-8-10(18)4-5-14(11)22-17)9-12(20-21)15-6-7-16(19)23-15/h4-8,13,17H,2-3,9H2,1H3/t13-,17-/m1/s1. The van der Waals surface area contributed by atoms with Crippen LogP contribution >= 0.6 is 43.2 Å². The molecule has 2 aromatic rings. The van der Waals surface area contributed by atoms with E-state index >= 15 is 0 Å². The Morgan fingerprint density at radius 1 is 1.30 bits per heavy atom. The third-order valence-electron chi connectivity index (χ3n) is 4.22. The Hall–Kier alpha value is -0.850. The van der Waals surface area contributed by atoms with Crippen molar-refractivity contribution in [3.63, 3.8) is 0 Å². The number of fused-ring (bicyclic) bond motifs is 3. The number of hydrogen-bond acceptors (Lipinski definition) is 4. The molecule has 2 aliphatic rings. The van der Waals surface area contributed by atoms with Gasteiger partial charge in [-0.25, -0.2) is 0 Å². The lowest BCUT2D eigenvalue weighted by atomic mass is 9.98. The molecule has 0 spiro atoms. The molecule has 6 heteroatoms. The summed E-state index contributed by atoms with van der Waals surface area (Å²) in [6.07, 6.45) is 3.02. The van der Waals surface area contributed by atoms with Crippen LogP contribution in [0.2, 0.25) is 0 Å². The summed E-state index contributed by atoms with van der Waals surface area (Å²) >= 11 is 8.87. The lowest BCUT2D eigenvalue weighted by Gasteiger charge is -2.38. The van der Waals surface area contributed by atoms with Gasteiger partial charge in [0, 0.05) is 22.9 Å². The monoisotopic (exact) mass is 454 g/mol. The molecule has 4 rings (SSSR count). The van der Waals surface area contributed by atoms with E-state index in [1.165, 1.54) is 10.4 Å². The van der Waals surface area contributed by atoms with Crippen molar-refractivity contribution >= 4 is 48.9 Å². The van der Waals surface area contributed by atoms with Crippen LogP contribution in [0.1, 0.15) is 42.7 Å². The summed E-state index contributed by atoms with van der Waals surface area (Å²) in [4.78, 5) is 1.23. The Morgan fingerprint density at radius 2 is 2.17 bits per heavy atom. The minimum Gasteiger partial charge on any atom is -0.469 e. The SMILES string of the molecule is CCC[C@H]1Oc2ccc(Br)cc2[C@H]2CC(c3ccc(Br)s3)=NN21. The third kappa shape index (κ3) is 2.85. The second-order valence-corrected chi connectivity index (χ2v) is 9.17. The van der Waals surface area contributed by atoms with Crippen molar-refractivity contribution in [1.82, 2.24) is 5.01 Å². The van der Waals surface area contributed by atoms with Gasteiger partial charge in [0.2, 0.25) is 0 Å². The quantitative estimate of drug-likeness (QED) is 0.571. The highest BCUT2D eigenvalue weighted by atomic mass is 79.9. The number of thiophene rings is 1. The zero-order valence-corrected chi connectivity index (χ0v) is 16.6. The van der Waals surface area contributed by atoms with Gasteiger partial charge in [0.05, 0.1) is 20.4 Å². The number of benzene rings is 1. The fraction of sp³-hybridized carbons (Fsp3) is 0.353. The topological polar surface area (TPSA) is 24.8 Å². The Balaban J connectivity index is 1.73. The van der Waals surface area contributed by atoms with E-state index < -0.39 is 0 Å². The molecule has 0 saturated carbocycles. The molecule has 0 bridgehead atoms. The second kappa shape index (κ2) is 6.22. The zero-order chi connectivity index (χ0) is 16.0. The Bertz CT molecular complexity index is 774. The predicted octanol–water partition coefficient (Wildman–Crippen LogP) is 5.94. The Morgan fingerprint density at radius 3 is 2.91 bits per heavy atom. The molecule has 2 atom stereocenters. The van der Waals surface area contributed by atoms with Crippen molar-refractivity contribution in [3.05, 3.63) is 49.0 Å². The molecule has 0 N–H and O–H groups in total. The van der Waals surface area contributed by atoms with E-state index in [0.717, 1.165) is 39.0 Å². The first-order chi connectivity index (χ1) is 11.2. The predicted molar refractivity (Wildman–Crippen MR) is 101 cm³/mol. The van der Waals surface area contributed by atoms with E-state index in [-0.39, 0.29) is 12.3 Å². The first-order valence-electron chi connectivity index (χ1n) is 7.73. The van der Waals surface area contributed by atoms with E-state index in [9.17, 15) is 0 Å². The lowest BCUT2D eigenvalue weighted by Crippen LogP contribution is -2.40. The molecule has 0 saturated heterocycles. The van der Waals surface area contributed by atoms with Crippen LogP contribution < -0.4 is 4.74 Å². The van der Waals surface area contributed by atoms with E-state index in [0.29, 0.717) is 0 Å². The van der Waals surface area contributed by atoms with Crippen molar-refractivity contribution in [2.24, 2.45) is 5.10 Å². The van der Waals surface area contributed by atoms with Gasteiger partial charge in [-0.1, -0.05) is 29.3 Å². The highest BCUT2D eigenvalue weighted by Crippen LogP contribution is 2.45. The summed E-state index contributed by atoms with van der Waals surface area (Å²) < 4.78 is 8.45. The van der Waals surface area contributed by atoms with Gasteiger partial charge in [0.1, 0.15) is 5.75 Å². The number of hydrazone groups is 1. The second-order valence-electron chi connectivity index (χ2n) is 5.79. The number of hydrogen-bond donors (Lipinski definition) is 0. The van der Waals surface area contributed by atoms with E-state index in [4.69, 9.17) is 9.84 Å². The van der Waals surface area contributed by atoms with Crippen molar-refractivity contribution in [3.8, 4) is 5.75 Å². The smallest absolute Gasteiger partial charge is 0.187 e. The maximum absolute atomic E-state index is 6.22. The van der Waals surface area contributed by atoms with Gasteiger partial charge in [0.25, 0.3) is 0 Å². The van der Waals surface area contributed by atoms with Gasteiger partial charge in [-0.2, -0.15) is 5.10 Å². The van der Waals surface area contributed by atoms with Crippen LogP contribution in [0.5, 0.6) is 5.75 Å². The minimum atomic E-state index is 0.0274. The Labute approximate surface area is 156 Å². The summed E-state index contributed by atoms with van der Waals surface area (Å²) in [5.74, 6) is 0.997. The molecule has 1 aromatic carbocycles. The van der Waals surface area contributed by atoms with Crippen molar-refractivity contribution in [1.29, 1.82) is 0 Å². The molecule has 0 aliphatic carbocycles. The summed E-state index contributed by atoms with van der Waals surface area (Å²) in [7, 11) is 0. The van der Waals surface area contributed by atoms with Crippen LogP contribution in [0.15, 0.2) is 43.7 Å². The summed E-state index contributed by atoms with van der Waals surface area (Å²) in [6.45, 7) is 2.19. The van der Waals surface area contributed by atoms with Crippen molar-refractivity contribution < 1.29 is 4.74 Å². The molecular weight excluding hydrogens is 440 g/mol. The molecule has 0 fully saturated rings. The zero-order valence-electron chi connectivity index (χ0n) is 12.6. The van der Waals surface area contributed by atoms with Crippen molar-refractivity contribution in [2.45, 2.75) is 38.5 Å². The van der Waals surface area contributed by atoms with Gasteiger partial charge in [-0.05, 0) is 46.3 Å². The lowest BCUT2D eigenvalue weighted by molar-refractivity contribution is -0.0223. The normalized spacial score (nSPS) is 22.4. The van der Waals surface area contributed by atoms with Crippen molar-refractivity contribution in [2.75, 3.05) is 0 Å². The van der Waals surface area contributed by atoms with Crippen LogP contribution in [-0.2, 0) is 0 Å². The number of halogens is 2. The molecule has 23 heavy (non-hydrogen) atoms. The summed E-state index contributed by atoms with van der Waals surface area (Å²) in [5.41, 5.74) is 2.38. The van der Waals surface area contributed by atoms with Crippen LogP contribution in [0, 0.1) is 0 Å². The van der Waals surface area contributed by atoms with Gasteiger partial charge < -0.3 is 4.74 Å². The first-order valence-corrected chi connectivity index (χ1v) is 10.1. The highest BCUT2D eigenvalue weighted by molar-refractivity contribution is 9.11. The maximum atomic E-state index is 6.22. The first kappa shape index (κ1) is 15.7. The molecular formula is C17H16Br2N2OS. The van der Waals surface area contributed by atoms with Gasteiger partial charge >= 0.3 is 0 Å². The molecule has 3 nitrogen and oxygen atoms in total. The minimum absolute atomic E-state index is 0.0274. The average Bonchev–Trinajstić information content (AvgIpc) is 3.14. The maximum Gasteiger partial charge on any atom is 0.187 e. The van der Waals surface area contributed by atoms with E-state index in [1.54, 1.807) is 11.3 Å². The van der Waals surface area contributed by atoms with E-state index in [1.807, 2.05) is 6.07 Å². The summed E-state index contributed by atoms with van der Waals surface area (Å²) in [5, 5.41) is 7.09. The number of nitrogens with zero attached hydrogens (tertiary/aromatic N) is 2. The molecule has 0 unspecified atom stereocenters. The van der Waals surface area contributed by atoms with Crippen LogP contribution in [-0.4, -0.2) is 16.9 Å². The number of ether oxygens (including phenoxy) is 1. The highest BCUT2D eigenvalue weighted by Gasteiger charge is 2.40. The van der Waals surface area contributed by atoms with E-state index in [2.05, 4.69) is 68.1 Å². The molecule has 2 aliphatic heterocycles. The third-order valence-corrected chi connectivity index (χ3v) is 6.39. The molecule has 3 heterocycles. The molecule has 0 radical (unpaired) electrons. The molecule has 120 valence electrons. The Kier molecular flexibility index (Phi) is 4.24.